The van der Waals surface area contributed by atoms with Gasteiger partial charge in [0.15, 0.2) is 11.5 Å². The predicted molar refractivity (Wildman–Crippen MR) is 135 cm³/mol. The van der Waals surface area contributed by atoms with Gasteiger partial charge in [-0.1, -0.05) is 53.3 Å². The largest absolute Gasteiger partial charge is 0.493 e. The number of fused-ring (bicyclic) bond motifs is 1. The predicted octanol–water partition coefficient (Wildman–Crippen LogP) is 4.52. The first-order chi connectivity index (χ1) is 16.3. The molecular formula is C24H23ClN2O5S2. The first-order valence-electron chi connectivity index (χ1n) is 10.4. The van der Waals surface area contributed by atoms with Crippen LogP contribution >= 0.6 is 22.9 Å². The van der Waals surface area contributed by atoms with Crippen LogP contribution in [-0.4, -0.2) is 32.7 Å². The Morgan fingerprint density at radius 3 is 2.50 bits per heavy atom. The highest BCUT2D eigenvalue weighted by atomic mass is 35.5. The van der Waals surface area contributed by atoms with Crippen molar-refractivity contribution in [3.8, 4) is 11.5 Å². The van der Waals surface area contributed by atoms with Crippen molar-refractivity contribution in [2.75, 3.05) is 13.7 Å². The second kappa shape index (κ2) is 10.2. The molecule has 1 N–H and O–H groups in total. The van der Waals surface area contributed by atoms with Crippen LogP contribution in [0, 0.1) is 0 Å². The number of halogens is 1. The molecule has 0 saturated carbocycles. The van der Waals surface area contributed by atoms with Gasteiger partial charge >= 0.3 is 4.87 Å². The molecule has 4 aromatic rings. The number of hydrogen-bond donors (Lipinski definition) is 1. The molecule has 0 bridgehead atoms. The minimum Gasteiger partial charge on any atom is -0.493 e. The molecule has 34 heavy (non-hydrogen) atoms. The van der Waals surface area contributed by atoms with Gasteiger partial charge in [-0.3, -0.25) is 9.36 Å². The van der Waals surface area contributed by atoms with E-state index < -0.39 is 16.1 Å². The molecule has 10 heteroatoms. The summed E-state index contributed by atoms with van der Waals surface area (Å²) < 4.78 is 41.7. The Bertz CT molecular complexity index is 1480. The Morgan fingerprint density at radius 1 is 1.06 bits per heavy atom. The van der Waals surface area contributed by atoms with E-state index in [9.17, 15) is 13.2 Å². The highest BCUT2D eigenvalue weighted by Gasteiger charge is 2.20. The molecule has 0 spiro atoms. The van der Waals surface area contributed by atoms with E-state index in [4.69, 9.17) is 21.1 Å². The summed E-state index contributed by atoms with van der Waals surface area (Å²) in [4.78, 5) is 12.5. The third-order valence-electron chi connectivity index (χ3n) is 5.15. The van der Waals surface area contributed by atoms with Gasteiger partial charge in [0, 0.05) is 5.02 Å². The SMILES string of the molecule is COc1ccccc1OC[C@H](C)NS(=O)(=O)c1ccc2c(c1)sc(=O)n2Cc1ccccc1Cl. The molecule has 0 aliphatic heterocycles. The van der Waals surface area contributed by atoms with Gasteiger partial charge in [0.2, 0.25) is 10.0 Å². The average Bonchev–Trinajstić information content (AvgIpc) is 3.13. The van der Waals surface area contributed by atoms with Crippen LogP contribution in [0.25, 0.3) is 10.2 Å². The normalized spacial score (nSPS) is 12.6. The number of rotatable bonds is 9. The van der Waals surface area contributed by atoms with Gasteiger partial charge in [0.25, 0.3) is 0 Å². The van der Waals surface area contributed by atoms with E-state index in [0.717, 1.165) is 16.9 Å². The van der Waals surface area contributed by atoms with Crippen LogP contribution in [0.2, 0.25) is 5.02 Å². The molecule has 1 aromatic heterocycles. The maximum Gasteiger partial charge on any atom is 0.308 e. The van der Waals surface area contributed by atoms with Gasteiger partial charge in [0.1, 0.15) is 6.61 Å². The van der Waals surface area contributed by atoms with Crippen LogP contribution in [0.1, 0.15) is 12.5 Å². The first-order valence-corrected chi connectivity index (χ1v) is 13.1. The van der Waals surface area contributed by atoms with Crippen LogP contribution in [-0.2, 0) is 16.6 Å². The van der Waals surface area contributed by atoms with Gasteiger partial charge in [-0.15, -0.1) is 0 Å². The van der Waals surface area contributed by atoms with E-state index in [-0.39, 0.29) is 16.4 Å². The van der Waals surface area contributed by atoms with E-state index in [1.165, 1.54) is 12.1 Å². The number of thiazole rings is 1. The van der Waals surface area contributed by atoms with Crippen LogP contribution in [0.4, 0.5) is 0 Å². The van der Waals surface area contributed by atoms with Crippen molar-refractivity contribution < 1.29 is 17.9 Å². The Balaban J connectivity index is 1.51. The fourth-order valence-corrected chi connectivity index (χ4v) is 5.93. The Morgan fingerprint density at radius 2 is 1.76 bits per heavy atom. The molecule has 1 heterocycles. The smallest absolute Gasteiger partial charge is 0.308 e. The van der Waals surface area contributed by atoms with Crippen molar-refractivity contribution >= 4 is 43.2 Å². The van der Waals surface area contributed by atoms with E-state index in [0.29, 0.717) is 33.3 Å². The molecule has 0 unspecified atom stereocenters. The van der Waals surface area contributed by atoms with Gasteiger partial charge in [-0.05, 0) is 48.9 Å². The monoisotopic (exact) mass is 518 g/mol. The standard InChI is InChI=1S/C24H23ClN2O5S2/c1-16(15-32-22-10-6-5-9-21(22)31-2)26-34(29,30)18-11-12-20-23(13-18)33-24(28)27(20)14-17-7-3-4-8-19(17)25/h3-13,16,26H,14-15H2,1-2H3/t16-/m0/s1. The number of methoxy groups -OCH3 is 1. The fraction of sp³-hybridized carbons (Fsp3) is 0.208. The molecule has 3 aromatic carbocycles. The molecular weight excluding hydrogens is 496 g/mol. The maximum absolute atomic E-state index is 13.0. The summed E-state index contributed by atoms with van der Waals surface area (Å²) in [5.41, 5.74) is 1.47. The van der Waals surface area contributed by atoms with Gasteiger partial charge in [-0.2, -0.15) is 0 Å². The van der Waals surface area contributed by atoms with Crippen LogP contribution in [0.3, 0.4) is 0 Å². The Labute approximate surface area is 206 Å². The number of sulfonamides is 1. The zero-order chi connectivity index (χ0) is 24.3. The van der Waals surface area contributed by atoms with Crippen LogP contribution in [0.15, 0.2) is 76.4 Å². The first kappa shape index (κ1) is 24.3. The van der Waals surface area contributed by atoms with Crippen molar-refractivity contribution in [2.45, 2.75) is 24.4 Å². The molecule has 0 amide bonds. The molecule has 1 atom stereocenters. The second-order valence-corrected chi connectivity index (χ2v) is 10.8. The number of nitrogens with zero attached hydrogens (tertiary/aromatic N) is 1. The quantitative estimate of drug-likeness (QED) is 0.352. The van der Waals surface area contributed by atoms with E-state index in [2.05, 4.69) is 4.72 Å². The number of ether oxygens (including phenoxy) is 2. The maximum atomic E-state index is 13.0. The summed E-state index contributed by atoms with van der Waals surface area (Å²) >= 11 is 7.24. The van der Waals surface area contributed by atoms with Crippen molar-refractivity contribution in [2.24, 2.45) is 0 Å². The summed E-state index contributed by atoms with van der Waals surface area (Å²) in [6, 6.07) is 18.6. The van der Waals surface area contributed by atoms with Crippen molar-refractivity contribution in [3.05, 3.63) is 87.0 Å². The highest BCUT2D eigenvalue weighted by Crippen LogP contribution is 2.26. The minimum atomic E-state index is -3.83. The summed E-state index contributed by atoms with van der Waals surface area (Å²) in [5, 5.41) is 0.571. The number of nitrogens with one attached hydrogen (secondary N) is 1. The number of hydrogen-bond acceptors (Lipinski definition) is 6. The summed E-state index contributed by atoms with van der Waals surface area (Å²) in [6.45, 7) is 2.13. The van der Waals surface area contributed by atoms with E-state index in [1.807, 2.05) is 30.3 Å². The van der Waals surface area contributed by atoms with E-state index in [1.54, 1.807) is 42.9 Å². The van der Waals surface area contributed by atoms with Gasteiger partial charge in [-0.25, -0.2) is 13.1 Å². The lowest BCUT2D eigenvalue weighted by Crippen LogP contribution is -2.36. The van der Waals surface area contributed by atoms with Gasteiger partial charge < -0.3 is 9.47 Å². The lowest BCUT2D eigenvalue weighted by Gasteiger charge is -2.16. The lowest BCUT2D eigenvalue weighted by molar-refractivity contribution is 0.271. The van der Waals surface area contributed by atoms with E-state index >= 15 is 0 Å². The zero-order valence-corrected chi connectivity index (χ0v) is 20.9. The van der Waals surface area contributed by atoms with Crippen molar-refractivity contribution in [1.29, 1.82) is 0 Å². The molecule has 0 aliphatic rings. The Hall–Kier alpha value is -2.85. The van der Waals surface area contributed by atoms with Crippen LogP contribution < -0.4 is 19.1 Å². The molecule has 4 rings (SSSR count). The third-order valence-corrected chi connectivity index (χ3v) is 8.05. The fourth-order valence-electron chi connectivity index (χ4n) is 3.48. The highest BCUT2D eigenvalue weighted by molar-refractivity contribution is 7.89. The minimum absolute atomic E-state index is 0.0790. The number of benzene rings is 3. The zero-order valence-electron chi connectivity index (χ0n) is 18.5. The molecule has 0 saturated heterocycles. The lowest BCUT2D eigenvalue weighted by atomic mass is 10.2. The molecule has 178 valence electrons. The summed E-state index contributed by atoms with van der Waals surface area (Å²) in [5.74, 6) is 1.10. The molecule has 0 aliphatic carbocycles. The number of aromatic nitrogens is 1. The van der Waals surface area contributed by atoms with Gasteiger partial charge in [0.05, 0.1) is 34.8 Å². The Kier molecular flexibility index (Phi) is 7.27. The molecule has 0 fully saturated rings. The van der Waals surface area contributed by atoms with Crippen molar-refractivity contribution in [1.82, 2.24) is 9.29 Å². The second-order valence-electron chi connectivity index (χ2n) is 7.66. The number of para-hydroxylation sites is 2. The average molecular weight is 519 g/mol. The van der Waals surface area contributed by atoms with Crippen molar-refractivity contribution in [3.63, 3.8) is 0 Å². The molecule has 0 radical (unpaired) electrons. The topological polar surface area (TPSA) is 86.6 Å². The van der Waals surface area contributed by atoms with Crippen LogP contribution in [0.5, 0.6) is 11.5 Å². The summed E-state index contributed by atoms with van der Waals surface area (Å²) in [7, 11) is -2.29. The third kappa shape index (κ3) is 5.28. The molecule has 7 nitrogen and oxygen atoms in total. The summed E-state index contributed by atoms with van der Waals surface area (Å²) in [6.07, 6.45) is 0.